The second-order valence-electron chi connectivity index (χ2n) is 6.19. The van der Waals surface area contributed by atoms with E-state index in [9.17, 15) is 9.59 Å². The summed E-state index contributed by atoms with van der Waals surface area (Å²) >= 11 is 0. The highest BCUT2D eigenvalue weighted by Crippen LogP contribution is 2.19. The van der Waals surface area contributed by atoms with Gasteiger partial charge in [0.1, 0.15) is 6.54 Å². The Hall–Kier alpha value is -1.84. The molecular weight excluding hydrogens is 276 g/mol. The average Bonchev–Trinajstić information content (AvgIpc) is 2.53. The highest BCUT2D eigenvalue weighted by Gasteiger charge is 2.23. The summed E-state index contributed by atoms with van der Waals surface area (Å²) in [5.41, 5.74) is 2.02. The summed E-state index contributed by atoms with van der Waals surface area (Å²) < 4.78 is 0. The molecule has 1 aliphatic rings. The molecule has 2 rings (SSSR count). The van der Waals surface area contributed by atoms with E-state index in [4.69, 9.17) is 0 Å². The smallest absolute Gasteiger partial charge is 0.242 e. The molecule has 22 heavy (non-hydrogen) atoms. The molecule has 1 saturated heterocycles. The van der Waals surface area contributed by atoms with Crippen LogP contribution < -0.4 is 4.90 Å². The number of rotatable bonds is 4. The molecule has 120 valence electrons. The van der Waals surface area contributed by atoms with Crippen LogP contribution in [0.1, 0.15) is 39.2 Å². The molecule has 0 N–H and O–H groups in total. The fraction of sp³-hybridized carbons (Fsp3) is 0.556. The third kappa shape index (κ3) is 4.09. The molecule has 0 aliphatic carbocycles. The van der Waals surface area contributed by atoms with E-state index in [1.807, 2.05) is 29.2 Å². The van der Waals surface area contributed by atoms with E-state index < -0.39 is 0 Å². The second-order valence-corrected chi connectivity index (χ2v) is 6.19. The Balaban J connectivity index is 2.04. The van der Waals surface area contributed by atoms with Gasteiger partial charge in [-0.3, -0.25) is 9.59 Å². The van der Waals surface area contributed by atoms with E-state index in [2.05, 4.69) is 13.8 Å². The minimum atomic E-state index is -0.0945. The Morgan fingerprint density at radius 3 is 2.27 bits per heavy atom. The number of amides is 2. The lowest BCUT2D eigenvalue weighted by atomic mass is 9.99. The van der Waals surface area contributed by atoms with Crippen molar-refractivity contribution < 1.29 is 9.59 Å². The molecule has 0 saturated carbocycles. The van der Waals surface area contributed by atoms with Gasteiger partial charge in [-0.1, -0.05) is 26.0 Å². The zero-order valence-corrected chi connectivity index (χ0v) is 13.8. The first-order valence-electron chi connectivity index (χ1n) is 8.16. The Labute approximate surface area is 133 Å². The first kappa shape index (κ1) is 16.5. The molecule has 1 fully saturated rings. The van der Waals surface area contributed by atoms with E-state index in [1.165, 1.54) is 12.5 Å². The van der Waals surface area contributed by atoms with Gasteiger partial charge in [0.25, 0.3) is 0 Å². The van der Waals surface area contributed by atoms with Crippen LogP contribution in [0.15, 0.2) is 24.3 Å². The van der Waals surface area contributed by atoms with Crippen molar-refractivity contribution in [2.75, 3.05) is 24.5 Å². The standard InChI is InChI=1S/C18H26N2O2/c1-4-16-5-7-17(8-6-16)20(15(3)21)13-18(22)19-11-9-14(2)10-12-19/h5-8,14H,4,9-13H2,1-3H3. The summed E-state index contributed by atoms with van der Waals surface area (Å²) in [4.78, 5) is 27.8. The van der Waals surface area contributed by atoms with Crippen LogP contribution in [0.3, 0.4) is 0 Å². The van der Waals surface area contributed by atoms with Crippen molar-refractivity contribution in [3.63, 3.8) is 0 Å². The Bertz CT molecular complexity index is 516. The van der Waals surface area contributed by atoms with E-state index in [0.717, 1.165) is 38.0 Å². The van der Waals surface area contributed by atoms with Gasteiger partial charge in [0, 0.05) is 25.7 Å². The molecular formula is C18H26N2O2. The van der Waals surface area contributed by atoms with E-state index in [1.54, 1.807) is 4.90 Å². The number of carbonyl (C=O) groups excluding carboxylic acids is 2. The normalized spacial score (nSPS) is 15.7. The third-order valence-corrected chi connectivity index (χ3v) is 4.47. The van der Waals surface area contributed by atoms with Crippen LogP contribution >= 0.6 is 0 Å². The van der Waals surface area contributed by atoms with Crippen LogP contribution in [-0.4, -0.2) is 36.3 Å². The first-order chi connectivity index (χ1) is 10.5. The number of nitrogens with zero attached hydrogens (tertiary/aromatic N) is 2. The topological polar surface area (TPSA) is 40.6 Å². The van der Waals surface area contributed by atoms with Crippen LogP contribution in [0, 0.1) is 5.92 Å². The summed E-state index contributed by atoms with van der Waals surface area (Å²) in [5, 5.41) is 0. The van der Waals surface area contributed by atoms with Crippen molar-refractivity contribution in [2.45, 2.75) is 40.0 Å². The number of anilines is 1. The molecule has 2 amide bonds. The van der Waals surface area contributed by atoms with E-state index >= 15 is 0 Å². The fourth-order valence-corrected chi connectivity index (χ4v) is 2.79. The summed E-state index contributed by atoms with van der Waals surface area (Å²) in [6, 6.07) is 7.87. The molecule has 1 aromatic rings. The van der Waals surface area contributed by atoms with Gasteiger partial charge in [-0.15, -0.1) is 0 Å². The largest absolute Gasteiger partial charge is 0.341 e. The number of hydrogen-bond donors (Lipinski definition) is 0. The summed E-state index contributed by atoms with van der Waals surface area (Å²) in [6.45, 7) is 7.58. The molecule has 0 aromatic heterocycles. The van der Waals surface area contributed by atoms with Gasteiger partial charge in [0.2, 0.25) is 11.8 Å². The molecule has 1 aliphatic heterocycles. The minimum Gasteiger partial charge on any atom is -0.341 e. The molecule has 4 nitrogen and oxygen atoms in total. The van der Waals surface area contributed by atoms with Crippen molar-refractivity contribution in [1.82, 2.24) is 4.90 Å². The van der Waals surface area contributed by atoms with Crippen molar-refractivity contribution in [1.29, 1.82) is 0 Å². The van der Waals surface area contributed by atoms with Gasteiger partial charge in [0.15, 0.2) is 0 Å². The highest BCUT2D eigenvalue weighted by atomic mass is 16.2. The highest BCUT2D eigenvalue weighted by molar-refractivity contribution is 5.97. The van der Waals surface area contributed by atoms with Crippen molar-refractivity contribution in [2.24, 2.45) is 5.92 Å². The fourth-order valence-electron chi connectivity index (χ4n) is 2.79. The second kappa shape index (κ2) is 7.43. The van der Waals surface area contributed by atoms with Gasteiger partial charge in [-0.05, 0) is 42.9 Å². The Morgan fingerprint density at radius 1 is 1.18 bits per heavy atom. The Morgan fingerprint density at radius 2 is 1.77 bits per heavy atom. The van der Waals surface area contributed by atoms with E-state index in [0.29, 0.717) is 5.92 Å². The number of benzene rings is 1. The molecule has 0 spiro atoms. The summed E-state index contributed by atoms with van der Waals surface area (Å²) in [7, 11) is 0. The van der Waals surface area contributed by atoms with Gasteiger partial charge < -0.3 is 9.80 Å². The average molecular weight is 302 g/mol. The van der Waals surface area contributed by atoms with Crippen LogP contribution in [0.25, 0.3) is 0 Å². The number of likely N-dealkylation sites (tertiary alicyclic amines) is 1. The SMILES string of the molecule is CCc1ccc(N(CC(=O)N2CCC(C)CC2)C(C)=O)cc1. The number of hydrogen-bond acceptors (Lipinski definition) is 2. The molecule has 4 heteroatoms. The van der Waals surface area contributed by atoms with Gasteiger partial charge >= 0.3 is 0 Å². The first-order valence-corrected chi connectivity index (χ1v) is 8.16. The van der Waals surface area contributed by atoms with Crippen LogP contribution in [-0.2, 0) is 16.0 Å². The monoisotopic (exact) mass is 302 g/mol. The molecule has 0 unspecified atom stereocenters. The van der Waals surface area contributed by atoms with Crippen LogP contribution in [0.5, 0.6) is 0 Å². The quantitative estimate of drug-likeness (QED) is 0.858. The minimum absolute atomic E-state index is 0.0432. The lowest BCUT2D eigenvalue weighted by Gasteiger charge is -2.32. The predicted octanol–water partition coefficient (Wildman–Crippen LogP) is 2.86. The van der Waals surface area contributed by atoms with Crippen molar-refractivity contribution in [3.05, 3.63) is 29.8 Å². The van der Waals surface area contributed by atoms with Crippen LogP contribution in [0.4, 0.5) is 5.69 Å². The summed E-state index contributed by atoms with van der Waals surface area (Å²) in [5.74, 6) is 0.638. The molecule has 0 radical (unpaired) electrons. The van der Waals surface area contributed by atoms with Crippen molar-refractivity contribution in [3.8, 4) is 0 Å². The van der Waals surface area contributed by atoms with Gasteiger partial charge in [-0.2, -0.15) is 0 Å². The third-order valence-electron chi connectivity index (χ3n) is 4.47. The molecule has 0 bridgehead atoms. The molecule has 1 aromatic carbocycles. The van der Waals surface area contributed by atoms with Crippen LogP contribution in [0.2, 0.25) is 0 Å². The van der Waals surface area contributed by atoms with Gasteiger partial charge in [0.05, 0.1) is 0 Å². The maximum absolute atomic E-state index is 12.4. The lowest BCUT2D eigenvalue weighted by Crippen LogP contribution is -2.45. The number of piperidine rings is 1. The number of aryl methyl sites for hydroxylation is 1. The van der Waals surface area contributed by atoms with E-state index in [-0.39, 0.29) is 18.4 Å². The molecule has 1 heterocycles. The number of carbonyl (C=O) groups is 2. The zero-order valence-electron chi connectivity index (χ0n) is 13.8. The molecule has 0 atom stereocenters. The van der Waals surface area contributed by atoms with Gasteiger partial charge in [-0.25, -0.2) is 0 Å². The predicted molar refractivity (Wildman–Crippen MR) is 88.8 cm³/mol. The maximum atomic E-state index is 12.4. The Kier molecular flexibility index (Phi) is 5.58. The zero-order chi connectivity index (χ0) is 16.1. The summed E-state index contributed by atoms with van der Waals surface area (Å²) in [6.07, 6.45) is 3.07. The maximum Gasteiger partial charge on any atom is 0.242 e. The van der Waals surface area contributed by atoms with Crippen molar-refractivity contribution >= 4 is 17.5 Å². The lowest BCUT2D eigenvalue weighted by molar-refractivity contribution is -0.132.